The third-order valence-electron chi connectivity index (χ3n) is 3.08. The Labute approximate surface area is 122 Å². The van der Waals surface area contributed by atoms with Gasteiger partial charge in [0.2, 0.25) is 5.82 Å². The molecular formula is C16H15N3O2. The van der Waals surface area contributed by atoms with E-state index in [1.807, 2.05) is 56.3 Å². The van der Waals surface area contributed by atoms with Gasteiger partial charge in [-0.3, -0.25) is 4.98 Å². The van der Waals surface area contributed by atoms with E-state index in [0.717, 1.165) is 11.3 Å². The van der Waals surface area contributed by atoms with Crippen LogP contribution in [0.2, 0.25) is 0 Å². The van der Waals surface area contributed by atoms with Gasteiger partial charge >= 0.3 is 0 Å². The first-order valence-electron chi connectivity index (χ1n) is 6.71. The van der Waals surface area contributed by atoms with Crippen LogP contribution < -0.4 is 4.74 Å². The molecule has 0 fully saturated rings. The average Bonchev–Trinajstić information content (AvgIpc) is 3.00. The Balaban J connectivity index is 1.79. The summed E-state index contributed by atoms with van der Waals surface area (Å²) in [6.07, 6.45) is 1.37. The van der Waals surface area contributed by atoms with Crippen LogP contribution in [-0.4, -0.2) is 15.1 Å². The Hall–Kier alpha value is -2.69. The highest BCUT2D eigenvalue weighted by Crippen LogP contribution is 2.24. The summed E-state index contributed by atoms with van der Waals surface area (Å²) >= 11 is 0. The molecule has 106 valence electrons. The van der Waals surface area contributed by atoms with E-state index in [1.54, 1.807) is 6.20 Å². The molecule has 0 aliphatic rings. The van der Waals surface area contributed by atoms with E-state index in [0.29, 0.717) is 17.4 Å². The first-order valence-corrected chi connectivity index (χ1v) is 6.71. The molecule has 0 N–H and O–H groups in total. The van der Waals surface area contributed by atoms with Crippen LogP contribution in [0.25, 0.3) is 11.5 Å². The van der Waals surface area contributed by atoms with E-state index in [1.165, 1.54) is 0 Å². The number of benzene rings is 1. The molecule has 5 nitrogen and oxygen atoms in total. The molecule has 5 heteroatoms. The Kier molecular flexibility index (Phi) is 3.64. The molecule has 0 saturated carbocycles. The zero-order chi connectivity index (χ0) is 14.7. The van der Waals surface area contributed by atoms with Gasteiger partial charge in [0.1, 0.15) is 11.4 Å². The van der Waals surface area contributed by atoms with Crippen molar-refractivity contribution < 1.29 is 9.26 Å². The number of ether oxygens (including phenoxy) is 1. The lowest BCUT2D eigenvalue weighted by Gasteiger charge is -2.12. The minimum atomic E-state index is -0.323. The zero-order valence-corrected chi connectivity index (χ0v) is 11.9. The van der Waals surface area contributed by atoms with E-state index in [-0.39, 0.29) is 6.10 Å². The van der Waals surface area contributed by atoms with Gasteiger partial charge in [-0.05, 0) is 37.6 Å². The number of rotatable bonds is 4. The molecule has 0 spiro atoms. The van der Waals surface area contributed by atoms with Crippen molar-refractivity contribution in [1.82, 2.24) is 15.1 Å². The molecule has 2 heterocycles. The van der Waals surface area contributed by atoms with Crippen molar-refractivity contribution in [3.8, 4) is 17.3 Å². The van der Waals surface area contributed by atoms with Crippen molar-refractivity contribution in [2.75, 3.05) is 0 Å². The number of aromatic nitrogens is 3. The van der Waals surface area contributed by atoms with Crippen LogP contribution in [0.1, 0.15) is 24.5 Å². The van der Waals surface area contributed by atoms with Gasteiger partial charge in [-0.15, -0.1) is 0 Å². The van der Waals surface area contributed by atoms with E-state index in [2.05, 4.69) is 15.1 Å². The summed E-state index contributed by atoms with van der Waals surface area (Å²) in [5, 5.41) is 3.94. The van der Waals surface area contributed by atoms with Crippen molar-refractivity contribution >= 4 is 0 Å². The molecule has 3 rings (SSSR count). The van der Waals surface area contributed by atoms with E-state index in [9.17, 15) is 0 Å². The molecule has 1 atom stereocenters. The summed E-state index contributed by atoms with van der Waals surface area (Å²) in [5.41, 5.74) is 1.74. The molecule has 2 aromatic heterocycles. The second-order valence-electron chi connectivity index (χ2n) is 4.70. The van der Waals surface area contributed by atoms with E-state index < -0.39 is 0 Å². The summed E-state index contributed by atoms with van der Waals surface area (Å²) in [6, 6.07) is 13.4. The SMILES string of the molecule is Cc1ccccc1O[C@H](C)c1nc(-c2ccccn2)no1. The van der Waals surface area contributed by atoms with Gasteiger partial charge in [0.05, 0.1) is 0 Å². The zero-order valence-electron chi connectivity index (χ0n) is 11.9. The van der Waals surface area contributed by atoms with Gasteiger partial charge in [-0.1, -0.05) is 29.4 Å². The lowest BCUT2D eigenvalue weighted by molar-refractivity contribution is 0.175. The highest BCUT2D eigenvalue weighted by atomic mass is 16.5. The fraction of sp³-hybridized carbons (Fsp3) is 0.188. The number of nitrogens with zero attached hydrogens (tertiary/aromatic N) is 3. The Morgan fingerprint density at radius 1 is 1.10 bits per heavy atom. The van der Waals surface area contributed by atoms with Crippen LogP contribution in [0.4, 0.5) is 0 Å². The van der Waals surface area contributed by atoms with Crippen molar-refractivity contribution in [2.45, 2.75) is 20.0 Å². The van der Waals surface area contributed by atoms with Crippen LogP contribution in [0.15, 0.2) is 53.2 Å². The standard InChI is InChI=1S/C16H15N3O2/c1-11-7-3-4-9-14(11)20-12(2)16-18-15(19-21-16)13-8-5-6-10-17-13/h3-10,12H,1-2H3/t12-/m1/s1. The fourth-order valence-electron chi connectivity index (χ4n) is 1.93. The highest BCUT2D eigenvalue weighted by Gasteiger charge is 2.17. The largest absolute Gasteiger partial charge is 0.481 e. The topological polar surface area (TPSA) is 61.0 Å². The number of pyridine rings is 1. The van der Waals surface area contributed by atoms with Crippen molar-refractivity contribution in [1.29, 1.82) is 0 Å². The molecule has 0 bridgehead atoms. The number of aryl methyl sites for hydroxylation is 1. The molecule has 21 heavy (non-hydrogen) atoms. The summed E-state index contributed by atoms with van der Waals surface area (Å²) < 4.78 is 11.1. The second kappa shape index (κ2) is 5.75. The van der Waals surface area contributed by atoms with Crippen LogP contribution in [-0.2, 0) is 0 Å². The first kappa shape index (κ1) is 13.3. The molecule has 0 amide bonds. The third kappa shape index (κ3) is 2.91. The quantitative estimate of drug-likeness (QED) is 0.731. The van der Waals surface area contributed by atoms with Gasteiger partial charge in [0, 0.05) is 6.20 Å². The maximum atomic E-state index is 5.86. The van der Waals surface area contributed by atoms with Gasteiger partial charge in [-0.2, -0.15) is 4.98 Å². The Bertz CT molecular complexity index is 725. The van der Waals surface area contributed by atoms with Crippen LogP contribution in [0, 0.1) is 6.92 Å². The molecular weight excluding hydrogens is 266 g/mol. The smallest absolute Gasteiger partial charge is 0.267 e. The lowest BCUT2D eigenvalue weighted by Crippen LogP contribution is -2.04. The number of para-hydroxylation sites is 1. The normalized spacial score (nSPS) is 12.1. The van der Waals surface area contributed by atoms with Crippen molar-refractivity contribution in [3.63, 3.8) is 0 Å². The van der Waals surface area contributed by atoms with Crippen LogP contribution in [0.5, 0.6) is 5.75 Å². The monoisotopic (exact) mass is 281 g/mol. The highest BCUT2D eigenvalue weighted by molar-refractivity contribution is 5.47. The average molecular weight is 281 g/mol. The lowest BCUT2D eigenvalue weighted by atomic mass is 10.2. The molecule has 0 saturated heterocycles. The maximum Gasteiger partial charge on any atom is 0.267 e. The summed E-state index contributed by atoms with van der Waals surface area (Å²) in [5.74, 6) is 1.70. The van der Waals surface area contributed by atoms with Crippen LogP contribution in [0.3, 0.4) is 0 Å². The van der Waals surface area contributed by atoms with Crippen LogP contribution >= 0.6 is 0 Å². The minimum Gasteiger partial charge on any atom is -0.481 e. The van der Waals surface area contributed by atoms with Gasteiger partial charge in [0.25, 0.3) is 5.89 Å². The van der Waals surface area contributed by atoms with Gasteiger partial charge in [0.15, 0.2) is 6.10 Å². The number of hydrogen-bond donors (Lipinski definition) is 0. The van der Waals surface area contributed by atoms with E-state index in [4.69, 9.17) is 9.26 Å². The summed E-state index contributed by atoms with van der Waals surface area (Å²) in [7, 11) is 0. The molecule has 3 aromatic rings. The first-order chi connectivity index (χ1) is 10.2. The van der Waals surface area contributed by atoms with Crippen molar-refractivity contribution in [2.24, 2.45) is 0 Å². The minimum absolute atomic E-state index is 0.323. The number of hydrogen-bond acceptors (Lipinski definition) is 5. The fourth-order valence-corrected chi connectivity index (χ4v) is 1.93. The Morgan fingerprint density at radius 2 is 1.90 bits per heavy atom. The predicted octanol–water partition coefficient (Wildman–Crippen LogP) is 3.58. The van der Waals surface area contributed by atoms with Gasteiger partial charge in [-0.25, -0.2) is 0 Å². The molecule has 1 aromatic carbocycles. The molecule has 0 aliphatic heterocycles. The van der Waals surface area contributed by atoms with Crippen molar-refractivity contribution in [3.05, 3.63) is 60.1 Å². The molecule has 0 unspecified atom stereocenters. The maximum absolute atomic E-state index is 5.86. The summed E-state index contributed by atoms with van der Waals surface area (Å²) in [6.45, 7) is 3.87. The summed E-state index contributed by atoms with van der Waals surface area (Å²) in [4.78, 5) is 8.53. The Morgan fingerprint density at radius 3 is 2.67 bits per heavy atom. The third-order valence-corrected chi connectivity index (χ3v) is 3.08. The molecule has 0 aliphatic carbocycles. The van der Waals surface area contributed by atoms with E-state index >= 15 is 0 Å². The van der Waals surface area contributed by atoms with Gasteiger partial charge < -0.3 is 9.26 Å². The predicted molar refractivity (Wildman–Crippen MR) is 77.8 cm³/mol. The molecule has 0 radical (unpaired) electrons. The second-order valence-corrected chi connectivity index (χ2v) is 4.70.